The predicted molar refractivity (Wildman–Crippen MR) is 261 cm³/mol. The Bertz CT molecular complexity index is 3280. The lowest BCUT2D eigenvalue weighted by Gasteiger charge is -2.29. The van der Waals surface area contributed by atoms with Crippen molar-refractivity contribution in [2.45, 2.75) is 0 Å². The van der Waals surface area contributed by atoms with Crippen LogP contribution in [0, 0.1) is 0 Å². The highest BCUT2D eigenvalue weighted by Gasteiger charge is 2.21. The first-order chi connectivity index (χ1) is 30.7. The molecule has 0 aliphatic rings. The van der Waals surface area contributed by atoms with Crippen molar-refractivity contribution in [1.29, 1.82) is 0 Å². The average Bonchev–Trinajstić information content (AvgIpc) is 3.74. The van der Waals surface area contributed by atoms with E-state index in [0.29, 0.717) is 0 Å². The van der Waals surface area contributed by atoms with Crippen molar-refractivity contribution < 1.29 is 4.42 Å². The van der Waals surface area contributed by atoms with Gasteiger partial charge in [-0.05, 0) is 110 Å². The Morgan fingerprint density at radius 3 is 1.19 bits per heavy atom. The SMILES string of the molecule is c1ccc(-c2ccc(-c3ccc(N(c4ccc(-c5ccccc5)cc4)c4cc(-c5ccccc5)ccc4-c4ccc5c(c4)oc4cccc(-c6ccccc6)c45)cc3)cc2)cc1. The normalized spacial score (nSPS) is 11.2. The Labute approximate surface area is 362 Å². The molecule has 2 nitrogen and oxygen atoms in total. The molecule has 0 unspecified atom stereocenters. The zero-order valence-corrected chi connectivity index (χ0v) is 34.0. The number of rotatable bonds is 9. The zero-order valence-electron chi connectivity index (χ0n) is 34.0. The first kappa shape index (κ1) is 36.8. The van der Waals surface area contributed by atoms with E-state index in [1.807, 2.05) is 0 Å². The van der Waals surface area contributed by atoms with Gasteiger partial charge in [-0.15, -0.1) is 0 Å². The fourth-order valence-electron chi connectivity index (χ4n) is 8.77. The van der Waals surface area contributed by atoms with Gasteiger partial charge in [0.2, 0.25) is 0 Å². The third kappa shape index (κ3) is 7.04. The first-order valence-corrected chi connectivity index (χ1v) is 21.2. The largest absolute Gasteiger partial charge is 0.456 e. The van der Waals surface area contributed by atoms with Gasteiger partial charge in [-0.3, -0.25) is 0 Å². The smallest absolute Gasteiger partial charge is 0.136 e. The lowest BCUT2D eigenvalue weighted by atomic mass is 9.95. The van der Waals surface area contributed by atoms with Gasteiger partial charge < -0.3 is 9.32 Å². The Morgan fingerprint density at radius 2 is 0.677 bits per heavy atom. The van der Waals surface area contributed by atoms with Gasteiger partial charge in [0.15, 0.2) is 0 Å². The second-order valence-electron chi connectivity index (χ2n) is 15.7. The summed E-state index contributed by atoms with van der Waals surface area (Å²) in [5, 5.41) is 2.24. The predicted octanol–water partition coefficient (Wildman–Crippen LogP) is 17.1. The molecule has 0 saturated heterocycles. The van der Waals surface area contributed by atoms with Gasteiger partial charge in [0.25, 0.3) is 0 Å². The summed E-state index contributed by atoms with van der Waals surface area (Å²) >= 11 is 0. The van der Waals surface area contributed by atoms with E-state index in [4.69, 9.17) is 4.42 Å². The van der Waals surface area contributed by atoms with E-state index in [9.17, 15) is 0 Å². The van der Waals surface area contributed by atoms with Crippen molar-refractivity contribution in [3.05, 3.63) is 249 Å². The number of fused-ring (bicyclic) bond motifs is 3. The standard InChI is InChI=1S/C60H41NO/c1-5-14-42(15-6-1)45-24-26-46(27-25-45)48-30-36-53(37-31-48)61(52-34-28-47(29-35-52)43-16-7-2-8-17-43)57-40-50(44-18-9-3-10-19-44)32-38-54(57)51-33-39-56-59(41-51)62-58-23-13-22-55(60(56)58)49-20-11-4-12-21-49/h1-41H. The summed E-state index contributed by atoms with van der Waals surface area (Å²) < 4.78 is 6.67. The molecule has 0 aliphatic carbocycles. The van der Waals surface area contributed by atoms with E-state index in [1.54, 1.807) is 0 Å². The molecule has 0 saturated carbocycles. The molecule has 1 aromatic heterocycles. The average molecular weight is 792 g/mol. The fraction of sp³-hybridized carbons (Fsp3) is 0. The van der Waals surface area contributed by atoms with Crippen molar-refractivity contribution in [1.82, 2.24) is 0 Å². The minimum Gasteiger partial charge on any atom is -0.456 e. The molecule has 0 aliphatic heterocycles. The maximum absolute atomic E-state index is 6.67. The molecule has 10 aromatic carbocycles. The van der Waals surface area contributed by atoms with Gasteiger partial charge in [0.1, 0.15) is 11.2 Å². The summed E-state index contributed by atoms with van der Waals surface area (Å²) in [7, 11) is 0. The molecule has 11 aromatic rings. The summed E-state index contributed by atoms with van der Waals surface area (Å²) in [5.74, 6) is 0. The lowest BCUT2D eigenvalue weighted by Crippen LogP contribution is -2.11. The van der Waals surface area contributed by atoms with Crippen LogP contribution in [0.15, 0.2) is 253 Å². The van der Waals surface area contributed by atoms with Crippen LogP contribution in [-0.2, 0) is 0 Å². The molecule has 0 fully saturated rings. The molecule has 2 heteroatoms. The second-order valence-corrected chi connectivity index (χ2v) is 15.7. The van der Waals surface area contributed by atoms with Crippen LogP contribution in [-0.4, -0.2) is 0 Å². The molecule has 0 bridgehead atoms. The Morgan fingerprint density at radius 1 is 0.258 bits per heavy atom. The van der Waals surface area contributed by atoms with Crippen molar-refractivity contribution >= 4 is 39.0 Å². The Hall–Kier alpha value is -8.20. The van der Waals surface area contributed by atoms with E-state index in [0.717, 1.165) is 66.8 Å². The minimum absolute atomic E-state index is 0.861. The van der Waals surface area contributed by atoms with E-state index < -0.39 is 0 Å². The Kier molecular flexibility index (Phi) is 9.57. The maximum Gasteiger partial charge on any atom is 0.136 e. The molecule has 62 heavy (non-hydrogen) atoms. The van der Waals surface area contributed by atoms with Gasteiger partial charge in [0, 0.05) is 27.7 Å². The summed E-state index contributed by atoms with van der Waals surface area (Å²) in [6, 6.07) is 89.0. The quantitative estimate of drug-likeness (QED) is 0.145. The van der Waals surface area contributed by atoms with E-state index >= 15 is 0 Å². The monoisotopic (exact) mass is 791 g/mol. The fourth-order valence-corrected chi connectivity index (χ4v) is 8.77. The number of hydrogen-bond donors (Lipinski definition) is 0. The highest BCUT2D eigenvalue weighted by atomic mass is 16.3. The minimum atomic E-state index is 0.861. The number of nitrogens with zero attached hydrogens (tertiary/aromatic N) is 1. The van der Waals surface area contributed by atoms with Crippen LogP contribution in [0.25, 0.3) is 88.7 Å². The maximum atomic E-state index is 6.67. The van der Waals surface area contributed by atoms with Crippen molar-refractivity contribution in [3.8, 4) is 66.8 Å². The molecule has 292 valence electrons. The van der Waals surface area contributed by atoms with E-state index in [2.05, 4.69) is 254 Å². The van der Waals surface area contributed by atoms with Gasteiger partial charge in [-0.1, -0.05) is 200 Å². The van der Waals surface area contributed by atoms with Crippen molar-refractivity contribution in [3.63, 3.8) is 0 Å². The molecule has 0 atom stereocenters. The second kappa shape index (κ2) is 16.1. The van der Waals surface area contributed by atoms with Crippen LogP contribution < -0.4 is 4.90 Å². The van der Waals surface area contributed by atoms with Crippen molar-refractivity contribution in [2.24, 2.45) is 0 Å². The molecule has 0 spiro atoms. The molecule has 0 N–H and O–H groups in total. The third-order valence-corrected chi connectivity index (χ3v) is 11.9. The molecule has 0 radical (unpaired) electrons. The molecular formula is C60H41NO. The van der Waals surface area contributed by atoms with Crippen LogP contribution in [0.2, 0.25) is 0 Å². The van der Waals surface area contributed by atoms with Gasteiger partial charge in [-0.2, -0.15) is 0 Å². The molecule has 0 amide bonds. The van der Waals surface area contributed by atoms with Crippen LogP contribution in [0.1, 0.15) is 0 Å². The van der Waals surface area contributed by atoms with Gasteiger partial charge >= 0.3 is 0 Å². The summed E-state index contributed by atoms with van der Waals surface area (Å²) in [5.41, 5.74) is 18.9. The topological polar surface area (TPSA) is 16.4 Å². The van der Waals surface area contributed by atoms with Gasteiger partial charge in [0.05, 0.1) is 5.69 Å². The molecule has 1 heterocycles. The Balaban J connectivity index is 1.06. The van der Waals surface area contributed by atoms with E-state index in [-0.39, 0.29) is 0 Å². The number of hydrogen-bond acceptors (Lipinski definition) is 2. The molecular weight excluding hydrogens is 751 g/mol. The highest BCUT2D eigenvalue weighted by molar-refractivity contribution is 6.13. The highest BCUT2D eigenvalue weighted by Crippen LogP contribution is 2.45. The van der Waals surface area contributed by atoms with Crippen molar-refractivity contribution in [2.75, 3.05) is 4.90 Å². The van der Waals surface area contributed by atoms with Crippen LogP contribution >= 0.6 is 0 Å². The number of benzene rings is 10. The third-order valence-electron chi connectivity index (χ3n) is 11.9. The number of anilines is 3. The first-order valence-electron chi connectivity index (χ1n) is 21.2. The van der Waals surface area contributed by atoms with Crippen LogP contribution in [0.3, 0.4) is 0 Å². The lowest BCUT2D eigenvalue weighted by molar-refractivity contribution is 0.669. The zero-order chi connectivity index (χ0) is 41.2. The molecule has 11 rings (SSSR count). The summed E-state index contributed by atoms with van der Waals surface area (Å²) in [4.78, 5) is 2.40. The summed E-state index contributed by atoms with van der Waals surface area (Å²) in [6.45, 7) is 0. The summed E-state index contributed by atoms with van der Waals surface area (Å²) in [6.07, 6.45) is 0. The van der Waals surface area contributed by atoms with Crippen LogP contribution in [0.5, 0.6) is 0 Å². The van der Waals surface area contributed by atoms with Gasteiger partial charge in [-0.25, -0.2) is 0 Å². The van der Waals surface area contributed by atoms with E-state index in [1.165, 1.54) is 38.9 Å². The van der Waals surface area contributed by atoms with Crippen LogP contribution in [0.4, 0.5) is 17.1 Å². The number of furan rings is 1.